The molecule has 1 aliphatic heterocycles. The zero-order valence-corrected chi connectivity index (χ0v) is 39.3. The molecule has 0 bridgehead atoms. The van der Waals surface area contributed by atoms with Crippen molar-refractivity contribution >= 4 is 48.8 Å². The van der Waals surface area contributed by atoms with Crippen molar-refractivity contribution in [1.82, 2.24) is 24.2 Å². The normalized spacial score (nSPS) is 15.9. The number of unbranched alkanes of at least 4 members (excludes halogenated alkanes) is 11. The predicted molar refractivity (Wildman–Crippen MR) is 238 cm³/mol. The molecule has 0 spiro atoms. The second-order valence-electron chi connectivity index (χ2n) is 19.1. The Hall–Kier alpha value is -1.64. The van der Waals surface area contributed by atoms with Gasteiger partial charge >= 0.3 is 0 Å². The molecular formula is C44H74BrN5O3Si2. The highest BCUT2D eigenvalue weighted by Crippen LogP contribution is 2.37. The van der Waals surface area contributed by atoms with Crippen LogP contribution in [0.2, 0.25) is 51.4 Å². The number of fused-ring (bicyclic) bond motifs is 2. The maximum atomic E-state index is 14.0. The molecule has 2 aliphatic rings. The third-order valence-corrected chi connectivity index (χ3v) is 15.7. The first-order valence-corrected chi connectivity index (χ1v) is 30.2. The average molecular weight is 857 g/mol. The smallest absolute Gasteiger partial charge is 0.163 e. The lowest BCUT2D eigenvalue weighted by atomic mass is 9.78. The Morgan fingerprint density at radius 1 is 0.836 bits per heavy atom. The Morgan fingerprint density at radius 2 is 1.44 bits per heavy atom. The first-order valence-electron chi connectivity index (χ1n) is 22.0. The van der Waals surface area contributed by atoms with Gasteiger partial charge in [0, 0.05) is 58.2 Å². The number of Topliss-reactive ketones (excluding diaryl/α,β-unsaturated/α-hetero) is 1. The van der Waals surface area contributed by atoms with Gasteiger partial charge in [-0.25, -0.2) is 9.67 Å². The van der Waals surface area contributed by atoms with Gasteiger partial charge in [0.1, 0.15) is 19.2 Å². The van der Waals surface area contributed by atoms with Crippen molar-refractivity contribution in [3.63, 3.8) is 0 Å². The van der Waals surface area contributed by atoms with Crippen LogP contribution in [0.15, 0.2) is 22.7 Å². The van der Waals surface area contributed by atoms with E-state index in [0.717, 1.165) is 90.1 Å². The summed E-state index contributed by atoms with van der Waals surface area (Å²) in [7, 11) is -2.46. The zero-order valence-electron chi connectivity index (χ0n) is 35.7. The van der Waals surface area contributed by atoms with Crippen molar-refractivity contribution in [3.8, 4) is 11.5 Å². The molecule has 1 saturated carbocycles. The molecule has 55 heavy (non-hydrogen) atoms. The monoisotopic (exact) mass is 855 g/mol. The van der Waals surface area contributed by atoms with Crippen molar-refractivity contribution in [2.24, 2.45) is 5.92 Å². The summed E-state index contributed by atoms with van der Waals surface area (Å²) in [6, 6.07) is 8.57. The Balaban J connectivity index is 1.29. The molecule has 5 rings (SSSR count). The van der Waals surface area contributed by atoms with E-state index < -0.39 is 16.1 Å². The minimum absolute atomic E-state index is 0.0296. The van der Waals surface area contributed by atoms with E-state index in [-0.39, 0.29) is 12.0 Å². The lowest BCUT2D eigenvalue weighted by molar-refractivity contribution is -0.131. The number of halogens is 1. The van der Waals surface area contributed by atoms with Crippen LogP contribution >= 0.6 is 15.9 Å². The summed E-state index contributed by atoms with van der Waals surface area (Å²) in [4.78, 5) is 21.8. The van der Waals surface area contributed by atoms with Gasteiger partial charge in [-0.05, 0) is 49.5 Å². The SMILES string of the molecule is CCCCCCCCCCCCCCC(C(=O)C1CCC1)N1Cc2nc(-c3nn(COCC[Si](C)(C)C)c4cc(Br)ccc34)n(COCC[Si](C)(C)C)c2C1. The minimum atomic E-state index is -1.25. The van der Waals surface area contributed by atoms with Crippen LogP contribution in [-0.2, 0) is 40.8 Å². The Kier molecular flexibility index (Phi) is 17.3. The number of ether oxygens (including phenoxy) is 2. The number of carbonyl (C=O) groups excluding carboxylic acids is 1. The second kappa shape index (κ2) is 21.4. The molecule has 11 heteroatoms. The molecule has 1 aromatic carbocycles. The van der Waals surface area contributed by atoms with Gasteiger partial charge in [-0.3, -0.25) is 9.69 Å². The molecule has 8 nitrogen and oxygen atoms in total. The largest absolute Gasteiger partial charge is 0.361 e. The molecule has 308 valence electrons. The highest BCUT2D eigenvalue weighted by Gasteiger charge is 2.39. The maximum Gasteiger partial charge on any atom is 0.163 e. The van der Waals surface area contributed by atoms with Gasteiger partial charge in [-0.15, -0.1) is 0 Å². The standard InChI is InChI=1S/C44H74BrN5O3Si2/c1-8-9-10-11-12-13-14-15-16-17-18-19-23-39(43(51)35-21-20-22-35)48-31-38-41(32-48)49(33-52-26-28-54(2,3)4)44(46-38)42-37-25-24-36(45)30-40(37)50(47-42)34-53-27-29-55(5,6)7/h24-25,30,35,39H,8-23,26-29,31-34H2,1-7H3. The molecule has 1 atom stereocenters. The van der Waals surface area contributed by atoms with Gasteiger partial charge in [0.2, 0.25) is 0 Å². The van der Waals surface area contributed by atoms with Crippen molar-refractivity contribution < 1.29 is 14.3 Å². The van der Waals surface area contributed by atoms with Crippen molar-refractivity contribution in [2.45, 2.75) is 194 Å². The highest BCUT2D eigenvalue weighted by molar-refractivity contribution is 9.10. The van der Waals surface area contributed by atoms with E-state index in [1.165, 1.54) is 82.7 Å². The highest BCUT2D eigenvalue weighted by atomic mass is 79.9. The van der Waals surface area contributed by atoms with E-state index in [9.17, 15) is 4.79 Å². The molecule has 0 saturated heterocycles. The van der Waals surface area contributed by atoms with E-state index in [4.69, 9.17) is 19.6 Å². The van der Waals surface area contributed by atoms with Crippen molar-refractivity contribution in [1.29, 1.82) is 0 Å². The van der Waals surface area contributed by atoms with E-state index >= 15 is 0 Å². The predicted octanol–water partition coefficient (Wildman–Crippen LogP) is 12.4. The second-order valence-corrected chi connectivity index (χ2v) is 31.2. The fraction of sp³-hybridized carbons (Fsp3) is 0.750. The summed E-state index contributed by atoms with van der Waals surface area (Å²) in [6.07, 6.45) is 20.3. The molecule has 3 heterocycles. The summed E-state index contributed by atoms with van der Waals surface area (Å²) in [5, 5.41) is 6.24. The molecule has 0 amide bonds. The number of nitrogens with zero attached hydrogens (tertiary/aromatic N) is 5. The van der Waals surface area contributed by atoms with Gasteiger partial charge < -0.3 is 14.0 Å². The average Bonchev–Trinajstić information content (AvgIpc) is 3.76. The minimum Gasteiger partial charge on any atom is -0.361 e. The molecule has 3 aromatic rings. The van der Waals surface area contributed by atoms with Crippen LogP contribution in [0.25, 0.3) is 22.4 Å². The third kappa shape index (κ3) is 13.5. The van der Waals surface area contributed by atoms with Gasteiger partial charge in [-0.1, -0.05) is 146 Å². The summed E-state index contributed by atoms with van der Waals surface area (Å²) >= 11 is 3.70. The summed E-state index contributed by atoms with van der Waals surface area (Å²) < 4.78 is 17.9. The maximum absolute atomic E-state index is 14.0. The van der Waals surface area contributed by atoms with Crippen LogP contribution in [0.3, 0.4) is 0 Å². The summed E-state index contributed by atoms with van der Waals surface area (Å²) in [5.41, 5.74) is 4.14. The number of carbonyl (C=O) groups is 1. The Labute approximate surface area is 344 Å². The molecule has 0 N–H and O–H groups in total. The van der Waals surface area contributed by atoms with Crippen LogP contribution in [0, 0.1) is 5.92 Å². The molecule has 1 fully saturated rings. The number of hydrogen-bond donors (Lipinski definition) is 0. The molecular weight excluding hydrogens is 783 g/mol. The Morgan fingerprint density at radius 3 is 2.02 bits per heavy atom. The van der Waals surface area contributed by atoms with E-state index in [0.29, 0.717) is 25.8 Å². The van der Waals surface area contributed by atoms with Gasteiger partial charge in [0.05, 0.1) is 22.9 Å². The van der Waals surface area contributed by atoms with Crippen LogP contribution in [0.1, 0.15) is 121 Å². The summed E-state index contributed by atoms with van der Waals surface area (Å²) in [6.45, 7) is 20.4. The van der Waals surface area contributed by atoms with Crippen LogP contribution in [0.4, 0.5) is 0 Å². The summed E-state index contributed by atoms with van der Waals surface area (Å²) in [5.74, 6) is 1.57. The number of rotatable bonds is 27. The molecule has 2 aromatic heterocycles. The first kappa shape index (κ1) is 44.5. The van der Waals surface area contributed by atoms with Crippen LogP contribution in [0.5, 0.6) is 0 Å². The quantitative estimate of drug-likeness (QED) is 0.0562. The fourth-order valence-electron chi connectivity index (χ4n) is 7.94. The van der Waals surface area contributed by atoms with Gasteiger partial charge in [0.25, 0.3) is 0 Å². The number of benzene rings is 1. The van der Waals surface area contributed by atoms with Crippen molar-refractivity contribution in [2.75, 3.05) is 13.2 Å². The van der Waals surface area contributed by atoms with E-state index in [2.05, 4.69) is 89.8 Å². The fourth-order valence-corrected chi connectivity index (χ4v) is 9.81. The number of imidazole rings is 1. The van der Waals surface area contributed by atoms with Crippen LogP contribution < -0.4 is 0 Å². The number of aromatic nitrogens is 4. The number of ketones is 1. The molecule has 1 unspecified atom stereocenters. The van der Waals surface area contributed by atoms with Gasteiger partial charge in [0.15, 0.2) is 11.6 Å². The van der Waals surface area contributed by atoms with E-state index in [1.807, 2.05) is 4.68 Å². The van der Waals surface area contributed by atoms with Gasteiger partial charge in [-0.2, -0.15) is 5.10 Å². The van der Waals surface area contributed by atoms with Crippen molar-refractivity contribution in [3.05, 3.63) is 34.1 Å². The molecule has 0 radical (unpaired) electrons. The number of hydrogen-bond acceptors (Lipinski definition) is 6. The van der Waals surface area contributed by atoms with E-state index in [1.54, 1.807) is 0 Å². The van der Waals surface area contributed by atoms with Crippen LogP contribution in [-0.4, -0.2) is 65.4 Å². The lowest BCUT2D eigenvalue weighted by Crippen LogP contribution is -2.43. The molecule has 1 aliphatic carbocycles. The topological polar surface area (TPSA) is 74.4 Å². The zero-order chi connectivity index (χ0) is 39.4. The third-order valence-electron chi connectivity index (χ3n) is 11.8. The lowest BCUT2D eigenvalue weighted by Gasteiger charge is -2.33. The first-order chi connectivity index (χ1) is 26.3. The Bertz CT molecular complexity index is 1640.